The molecular weight excluding hydrogens is 1670 g/mol. The molecular formula is C94H174O25Si5. The van der Waals surface area contributed by atoms with Crippen molar-refractivity contribution in [1.82, 2.24) is 0 Å². The van der Waals surface area contributed by atoms with Crippen LogP contribution in [0.25, 0.3) is 0 Å². The number of esters is 9. The number of fused-ring (bicyclic) bond motifs is 1. The standard InChI is InChI=1S/C19H32O2.C16H22O6.C15H36O6Si4.C13H24O2.C11H24O2Si.C10H16O5.C10H20O2/c1-6-17(2,3)16(20)21-18(4,5)19-10-13-7-14(11-19)9-15(8-13)12-19;1-4-16(2,3)15(19)20-7-11(17)21-12-8-5-9-10(6-8)14(18)22-13(9)12;1-11-15(2,3)14(16)17-12-13-25(10)20-23(6,7)18-22(4,5)19-24(8,9)21-25;1-5-12(2,3)11(14)15-13(4)9-7-6-8-10-13;1-7-11(2,3)10(12)13-8-9-14(4,5)6;1-4-10(2,3)8(11)13-5-7-6-14-9(12)15-7;1-7-10(5,6)8(11)12-9(2,3)4/h13-15H,6-12H2,1-5H3;8-10,12-13H,4-7H2,1-3H3;11-13H2,1-10H3;5-10H2,1-4H3;7-9H2,1-6H3;7H,4-6H2,1-3H3;7H2,1-6H3. The van der Waals surface area contributed by atoms with Gasteiger partial charge < -0.3 is 68.6 Å². The van der Waals surface area contributed by atoms with Gasteiger partial charge in [-0.25, -0.2) is 9.59 Å². The minimum atomic E-state index is -2.57. The number of carbonyl (C=O) groups excluding carboxylic acids is 10. The van der Waals surface area contributed by atoms with E-state index in [1.165, 1.54) is 57.8 Å². The van der Waals surface area contributed by atoms with Gasteiger partial charge in [-0.1, -0.05) is 74.5 Å². The molecule has 720 valence electrons. The fraction of sp³-hybridized carbons (Fsp3) is 0.894. The SMILES string of the molecule is CCC(C)(C)C(=O)OC(C)(C)C.CCC(C)(C)C(=O)OC(C)(C)C12CC3CC(CC(C3)C1)C2.CCC(C)(C)C(=O)OC1(C)CCCCC1.CCC(C)(C)C(=O)OCC(=O)OC1C2CC3C(=O)OC1C3C2.CCC(C)(C)C(=O)OCC1COC(=O)O1.CCC(C)(C)C(=O)OCC[Si](C)(C)C.CCC(C)(C)C(=O)OCC[Si]1(C)O[Si](C)(C)O[Si](C)(C)O[Si](C)(C)O1. The monoisotopic (exact) mass is 1840 g/mol. The Morgan fingerprint density at radius 1 is 0.460 bits per heavy atom. The quantitative estimate of drug-likeness (QED) is 0.0399. The lowest BCUT2D eigenvalue weighted by molar-refractivity contribution is -0.206. The number of rotatable bonds is 28. The molecule has 6 unspecified atom stereocenters. The van der Waals surface area contributed by atoms with Crippen molar-refractivity contribution in [3.63, 3.8) is 0 Å². The van der Waals surface area contributed by atoms with Crippen LogP contribution in [0.2, 0.25) is 77.6 Å². The second kappa shape index (κ2) is 45.0. The minimum Gasteiger partial charge on any atom is -0.466 e. The lowest BCUT2D eigenvalue weighted by atomic mass is 9.46. The van der Waals surface area contributed by atoms with Crippen LogP contribution < -0.4 is 0 Å². The first-order valence-electron chi connectivity index (χ1n) is 46.7. The van der Waals surface area contributed by atoms with E-state index in [0.29, 0.717) is 32.1 Å². The summed E-state index contributed by atoms with van der Waals surface area (Å²) in [5.74, 6) is 1.26. The highest BCUT2D eigenvalue weighted by molar-refractivity contribution is 6.93. The number of hydrogen-bond donors (Lipinski definition) is 0. The maximum Gasteiger partial charge on any atom is 0.508 e. The van der Waals surface area contributed by atoms with Gasteiger partial charge in [0, 0.05) is 31.4 Å². The summed E-state index contributed by atoms with van der Waals surface area (Å²) in [6.45, 7) is 74.4. The van der Waals surface area contributed by atoms with E-state index in [4.69, 9.17) is 63.8 Å². The van der Waals surface area contributed by atoms with Crippen LogP contribution in [0.1, 0.15) is 315 Å². The average Bonchev–Trinajstić information content (AvgIpc) is 0.999. The molecule has 10 aliphatic rings. The third-order valence-electron chi connectivity index (χ3n) is 27.2. The van der Waals surface area contributed by atoms with Crippen molar-refractivity contribution in [2.45, 2.75) is 428 Å². The number of carbonyl (C=O) groups is 10. The first-order valence-corrected chi connectivity index (χ1v) is 61.4. The van der Waals surface area contributed by atoms with E-state index in [0.717, 1.165) is 81.6 Å². The lowest BCUT2D eigenvalue weighted by Crippen LogP contribution is -2.65. The highest BCUT2D eigenvalue weighted by Crippen LogP contribution is 2.65. The van der Waals surface area contributed by atoms with Crippen LogP contribution in [0.5, 0.6) is 0 Å². The normalized spacial score (nSPS) is 25.6. The van der Waals surface area contributed by atoms with Crippen molar-refractivity contribution in [2.24, 2.45) is 78.8 Å². The van der Waals surface area contributed by atoms with Gasteiger partial charge in [0.05, 0.1) is 57.0 Å². The Hall–Kier alpha value is -4.58. The molecule has 10 rings (SSSR count). The molecule has 6 bridgehead atoms. The molecule has 0 aromatic carbocycles. The van der Waals surface area contributed by atoms with Crippen LogP contribution in [0.3, 0.4) is 0 Å². The molecule has 3 aliphatic heterocycles. The summed E-state index contributed by atoms with van der Waals surface area (Å²) in [5, 5.41) is 0. The zero-order valence-electron chi connectivity index (χ0n) is 84.5. The molecule has 25 nitrogen and oxygen atoms in total. The molecule has 124 heavy (non-hydrogen) atoms. The van der Waals surface area contributed by atoms with Crippen molar-refractivity contribution in [3.05, 3.63) is 0 Å². The third-order valence-corrected chi connectivity index (χ3v) is 45.3. The van der Waals surface area contributed by atoms with Crippen LogP contribution in [-0.2, 0) is 112 Å². The lowest BCUT2D eigenvalue weighted by Gasteiger charge is -2.61. The molecule has 0 spiro atoms. The molecule has 3 saturated heterocycles. The van der Waals surface area contributed by atoms with Gasteiger partial charge in [-0.3, -0.25) is 38.4 Å². The van der Waals surface area contributed by atoms with Crippen LogP contribution in [-0.4, -0.2) is 170 Å². The van der Waals surface area contributed by atoms with Crippen LogP contribution >= 0.6 is 0 Å². The first-order chi connectivity index (χ1) is 56.2. The maximum atomic E-state index is 12.6. The van der Waals surface area contributed by atoms with Gasteiger partial charge in [-0.05, 0) is 330 Å². The van der Waals surface area contributed by atoms with Crippen LogP contribution in [0.15, 0.2) is 0 Å². The molecule has 0 radical (unpaired) electrons. The number of ether oxygens (including phenoxy) is 11. The van der Waals surface area contributed by atoms with Crippen molar-refractivity contribution in [2.75, 3.05) is 33.0 Å². The molecule has 3 heterocycles. The fourth-order valence-electron chi connectivity index (χ4n) is 16.5. The summed E-state index contributed by atoms with van der Waals surface area (Å²) in [6.07, 6.45) is 19.0. The summed E-state index contributed by atoms with van der Waals surface area (Å²) in [4.78, 5) is 117. The van der Waals surface area contributed by atoms with Crippen molar-refractivity contribution in [3.8, 4) is 0 Å². The van der Waals surface area contributed by atoms with E-state index in [1.54, 1.807) is 13.8 Å². The van der Waals surface area contributed by atoms with Crippen molar-refractivity contribution in [1.29, 1.82) is 0 Å². The first kappa shape index (κ1) is 114. The van der Waals surface area contributed by atoms with Gasteiger partial charge in [0.15, 0.2) is 12.7 Å². The van der Waals surface area contributed by atoms with Gasteiger partial charge in [-0.2, -0.15) is 0 Å². The van der Waals surface area contributed by atoms with E-state index in [2.05, 4.69) is 52.1 Å². The number of hydrogen-bond acceptors (Lipinski definition) is 25. The van der Waals surface area contributed by atoms with Gasteiger partial charge in [0.1, 0.15) is 42.2 Å². The Balaban J connectivity index is 0.000000379. The zero-order chi connectivity index (χ0) is 95.7. The van der Waals surface area contributed by atoms with E-state index < -0.39 is 82.8 Å². The Bertz CT molecular complexity index is 3460. The third kappa shape index (κ3) is 35.3. The van der Waals surface area contributed by atoms with Crippen LogP contribution in [0.4, 0.5) is 4.79 Å². The number of cyclic esters (lactones) is 2. The van der Waals surface area contributed by atoms with Gasteiger partial charge in [0.2, 0.25) is 0 Å². The highest BCUT2D eigenvalue weighted by atomic mass is 28.5. The van der Waals surface area contributed by atoms with Gasteiger partial charge in [-0.15, -0.1) is 0 Å². The summed E-state index contributed by atoms with van der Waals surface area (Å²) in [7, 11) is -10.7. The molecule has 0 aromatic heterocycles. The topological polar surface area (TPSA) is 309 Å². The smallest absolute Gasteiger partial charge is 0.466 e. The van der Waals surface area contributed by atoms with E-state index in [-0.39, 0.29) is 135 Å². The molecule has 7 aliphatic carbocycles. The molecule has 30 heteroatoms. The average molecular weight is 1840 g/mol. The van der Waals surface area contributed by atoms with Crippen molar-refractivity contribution < 1.29 is 117 Å². The van der Waals surface area contributed by atoms with Gasteiger partial charge in [0.25, 0.3) is 0 Å². The Morgan fingerprint density at radius 2 is 0.847 bits per heavy atom. The predicted molar refractivity (Wildman–Crippen MR) is 494 cm³/mol. The highest BCUT2D eigenvalue weighted by Gasteiger charge is 2.64. The molecule has 6 atom stereocenters. The zero-order valence-corrected chi connectivity index (χ0v) is 89.5. The van der Waals surface area contributed by atoms with E-state index in [1.807, 2.05) is 191 Å². The summed E-state index contributed by atoms with van der Waals surface area (Å²) in [6, 6.07) is 1.64. The predicted octanol–water partition coefficient (Wildman–Crippen LogP) is 21.9. The fourth-order valence-corrected chi connectivity index (χ4v) is 38.4. The summed E-state index contributed by atoms with van der Waals surface area (Å²) in [5.41, 5.74) is -3.56. The minimum absolute atomic E-state index is 0.00636. The Morgan fingerprint density at radius 3 is 1.25 bits per heavy atom. The second-order valence-corrected chi connectivity index (χ2v) is 65.6. The maximum absolute atomic E-state index is 12.6. The molecule has 0 N–H and O–H groups in total. The van der Waals surface area contributed by atoms with Crippen molar-refractivity contribution >= 4 is 102 Å². The molecule has 10 fully saturated rings. The second-order valence-electron chi connectivity index (χ2n) is 45.6. The molecule has 0 amide bonds. The Kier molecular flexibility index (Phi) is 41.3. The molecule has 0 aromatic rings. The Labute approximate surface area is 754 Å². The molecule has 7 saturated carbocycles. The van der Waals surface area contributed by atoms with Gasteiger partial charge >= 0.3 is 94.1 Å². The van der Waals surface area contributed by atoms with Crippen LogP contribution in [0, 0.1) is 78.8 Å². The summed E-state index contributed by atoms with van der Waals surface area (Å²) >= 11 is 0. The van der Waals surface area contributed by atoms with E-state index in [9.17, 15) is 47.9 Å². The largest absolute Gasteiger partial charge is 0.508 e. The van der Waals surface area contributed by atoms with E-state index >= 15 is 0 Å². The summed E-state index contributed by atoms with van der Waals surface area (Å²) < 4.78 is 83.5.